The summed E-state index contributed by atoms with van der Waals surface area (Å²) in [5.74, 6) is 0.327. The molecule has 3 rings (SSSR count). The second-order valence-corrected chi connectivity index (χ2v) is 6.08. The van der Waals surface area contributed by atoms with Gasteiger partial charge in [0.15, 0.2) is 0 Å². The standard InChI is InChI=1S/C17H22N2O3/c20-16-9-14(10-18-17(21)15-7-4-8-22-15)12-19(16)11-13-5-2-1-3-6-13/h1-3,5-6,14-15H,4,7-12H2,(H,18,21). The lowest BCUT2D eigenvalue weighted by Crippen LogP contribution is -2.37. The topological polar surface area (TPSA) is 58.6 Å². The molecule has 5 heteroatoms. The van der Waals surface area contributed by atoms with Crippen LogP contribution in [0.5, 0.6) is 0 Å². The van der Waals surface area contributed by atoms with Gasteiger partial charge >= 0.3 is 0 Å². The lowest BCUT2D eigenvalue weighted by molar-refractivity contribution is -0.130. The molecule has 2 aliphatic rings. The number of ether oxygens (including phenoxy) is 1. The van der Waals surface area contributed by atoms with Crippen LogP contribution >= 0.6 is 0 Å². The molecule has 2 aliphatic heterocycles. The third kappa shape index (κ3) is 3.65. The number of nitrogens with zero attached hydrogens (tertiary/aromatic N) is 1. The molecule has 2 saturated heterocycles. The summed E-state index contributed by atoms with van der Waals surface area (Å²) in [5, 5.41) is 2.93. The normalized spacial score (nSPS) is 24.7. The molecule has 0 spiro atoms. The van der Waals surface area contributed by atoms with E-state index in [1.54, 1.807) is 0 Å². The highest BCUT2D eigenvalue weighted by Crippen LogP contribution is 2.20. The Hall–Kier alpha value is -1.88. The molecule has 0 aromatic heterocycles. The summed E-state index contributed by atoms with van der Waals surface area (Å²) in [4.78, 5) is 25.9. The lowest BCUT2D eigenvalue weighted by Gasteiger charge is -2.17. The first-order chi connectivity index (χ1) is 10.7. The van der Waals surface area contributed by atoms with Crippen LogP contribution in [-0.4, -0.2) is 42.5 Å². The Morgan fingerprint density at radius 2 is 2.14 bits per heavy atom. The Labute approximate surface area is 130 Å². The molecular formula is C17H22N2O3. The molecule has 1 aromatic rings. The largest absolute Gasteiger partial charge is 0.368 e. The van der Waals surface area contributed by atoms with Crippen molar-refractivity contribution in [2.75, 3.05) is 19.7 Å². The monoisotopic (exact) mass is 302 g/mol. The number of rotatable bonds is 5. The van der Waals surface area contributed by atoms with Crippen LogP contribution in [0.1, 0.15) is 24.8 Å². The van der Waals surface area contributed by atoms with Crippen molar-refractivity contribution in [3.05, 3.63) is 35.9 Å². The van der Waals surface area contributed by atoms with E-state index < -0.39 is 0 Å². The first-order valence-electron chi connectivity index (χ1n) is 7.93. The fourth-order valence-electron chi connectivity index (χ4n) is 3.09. The van der Waals surface area contributed by atoms with Gasteiger partial charge in [0.05, 0.1) is 0 Å². The predicted molar refractivity (Wildman–Crippen MR) is 81.9 cm³/mol. The van der Waals surface area contributed by atoms with Gasteiger partial charge in [-0.05, 0) is 18.4 Å². The quantitative estimate of drug-likeness (QED) is 0.893. The third-order valence-electron chi connectivity index (χ3n) is 4.30. The van der Waals surface area contributed by atoms with Crippen LogP contribution in [0.15, 0.2) is 30.3 Å². The number of hydrogen-bond acceptors (Lipinski definition) is 3. The summed E-state index contributed by atoms with van der Waals surface area (Å²) in [5.41, 5.74) is 1.14. The van der Waals surface area contributed by atoms with Crippen molar-refractivity contribution in [2.24, 2.45) is 5.92 Å². The van der Waals surface area contributed by atoms with Gasteiger partial charge in [0.25, 0.3) is 0 Å². The highest BCUT2D eigenvalue weighted by molar-refractivity contribution is 5.81. The van der Waals surface area contributed by atoms with Gasteiger partial charge in [-0.2, -0.15) is 0 Å². The maximum Gasteiger partial charge on any atom is 0.249 e. The number of benzene rings is 1. The molecule has 0 saturated carbocycles. The predicted octanol–water partition coefficient (Wildman–Crippen LogP) is 1.33. The van der Waals surface area contributed by atoms with E-state index in [0.29, 0.717) is 32.7 Å². The van der Waals surface area contributed by atoms with Gasteiger partial charge in [-0.25, -0.2) is 0 Å². The van der Waals surface area contributed by atoms with Crippen LogP contribution in [0, 0.1) is 5.92 Å². The van der Waals surface area contributed by atoms with E-state index in [2.05, 4.69) is 5.32 Å². The zero-order valence-corrected chi connectivity index (χ0v) is 12.7. The third-order valence-corrected chi connectivity index (χ3v) is 4.30. The molecule has 2 unspecified atom stereocenters. The molecule has 0 aliphatic carbocycles. The first kappa shape index (κ1) is 15.0. The Bertz CT molecular complexity index is 526. The van der Waals surface area contributed by atoms with Gasteiger partial charge < -0.3 is 15.0 Å². The highest BCUT2D eigenvalue weighted by Gasteiger charge is 2.31. The molecule has 0 bridgehead atoms. The molecule has 2 amide bonds. The minimum atomic E-state index is -0.294. The molecule has 2 heterocycles. The van der Waals surface area contributed by atoms with Gasteiger partial charge in [0.1, 0.15) is 6.10 Å². The average Bonchev–Trinajstić information content (AvgIpc) is 3.17. The fourth-order valence-corrected chi connectivity index (χ4v) is 3.09. The molecule has 0 radical (unpaired) electrons. The van der Waals surface area contributed by atoms with Crippen molar-refractivity contribution in [2.45, 2.75) is 31.9 Å². The molecule has 118 valence electrons. The van der Waals surface area contributed by atoms with Gasteiger partial charge in [-0.1, -0.05) is 30.3 Å². The highest BCUT2D eigenvalue weighted by atomic mass is 16.5. The van der Waals surface area contributed by atoms with E-state index in [1.165, 1.54) is 0 Å². The van der Waals surface area contributed by atoms with E-state index in [-0.39, 0.29) is 23.8 Å². The van der Waals surface area contributed by atoms with Gasteiger partial charge in [0.2, 0.25) is 11.8 Å². The van der Waals surface area contributed by atoms with Crippen LogP contribution in [-0.2, 0) is 20.9 Å². The van der Waals surface area contributed by atoms with Crippen LogP contribution in [0.2, 0.25) is 0 Å². The van der Waals surface area contributed by atoms with Crippen molar-refractivity contribution < 1.29 is 14.3 Å². The number of hydrogen-bond donors (Lipinski definition) is 1. The Morgan fingerprint density at radius 1 is 1.32 bits per heavy atom. The summed E-state index contributed by atoms with van der Waals surface area (Å²) in [6.07, 6.45) is 1.97. The maximum absolute atomic E-state index is 12.1. The molecule has 2 atom stereocenters. The minimum Gasteiger partial charge on any atom is -0.368 e. The molecule has 5 nitrogen and oxygen atoms in total. The zero-order valence-electron chi connectivity index (χ0n) is 12.7. The van der Waals surface area contributed by atoms with Crippen molar-refractivity contribution >= 4 is 11.8 Å². The second kappa shape index (κ2) is 6.92. The average molecular weight is 302 g/mol. The van der Waals surface area contributed by atoms with Crippen molar-refractivity contribution in [3.63, 3.8) is 0 Å². The van der Waals surface area contributed by atoms with Gasteiger partial charge in [0, 0.05) is 38.6 Å². The van der Waals surface area contributed by atoms with E-state index in [4.69, 9.17) is 4.74 Å². The summed E-state index contributed by atoms with van der Waals surface area (Å²) >= 11 is 0. The number of carbonyl (C=O) groups excluding carboxylic acids is 2. The SMILES string of the molecule is O=C(NCC1CC(=O)N(Cc2ccccc2)C1)C1CCCO1. The summed E-state index contributed by atoms with van der Waals surface area (Å²) in [7, 11) is 0. The van der Waals surface area contributed by atoms with Crippen molar-refractivity contribution in [1.29, 1.82) is 0 Å². The lowest BCUT2D eigenvalue weighted by atomic mass is 10.1. The van der Waals surface area contributed by atoms with Crippen LogP contribution in [0.3, 0.4) is 0 Å². The Morgan fingerprint density at radius 3 is 2.86 bits per heavy atom. The Kier molecular flexibility index (Phi) is 4.73. The Balaban J connectivity index is 1.46. The van der Waals surface area contributed by atoms with Crippen molar-refractivity contribution in [3.8, 4) is 0 Å². The minimum absolute atomic E-state index is 0.0357. The molecule has 1 aromatic carbocycles. The first-order valence-corrected chi connectivity index (χ1v) is 7.93. The molecule has 1 N–H and O–H groups in total. The summed E-state index contributed by atoms with van der Waals surface area (Å²) in [6, 6.07) is 9.99. The molecule has 22 heavy (non-hydrogen) atoms. The second-order valence-electron chi connectivity index (χ2n) is 6.08. The van der Waals surface area contributed by atoms with Crippen LogP contribution in [0.4, 0.5) is 0 Å². The van der Waals surface area contributed by atoms with E-state index in [1.807, 2.05) is 35.2 Å². The van der Waals surface area contributed by atoms with Crippen LogP contribution < -0.4 is 5.32 Å². The smallest absolute Gasteiger partial charge is 0.249 e. The molecule has 2 fully saturated rings. The molecular weight excluding hydrogens is 280 g/mol. The van der Waals surface area contributed by atoms with E-state index >= 15 is 0 Å². The van der Waals surface area contributed by atoms with Crippen molar-refractivity contribution in [1.82, 2.24) is 10.2 Å². The fraction of sp³-hybridized carbons (Fsp3) is 0.529. The summed E-state index contributed by atoms with van der Waals surface area (Å²) in [6.45, 7) is 2.58. The summed E-state index contributed by atoms with van der Waals surface area (Å²) < 4.78 is 5.36. The van der Waals surface area contributed by atoms with Gasteiger partial charge in [-0.15, -0.1) is 0 Å². The number of likely N-dealkylation sites (tertiary alicyclic amines) is 1. The zero-order chi connectivity index (χ0) is 15.4. The van der Waals surface area contributed by atoms with Crippen LogP contribution in [0.25, 0.3) is 0 Å². The van der Waals surface area contributed by atoms with Gasteiger partial charge in [-0.3, -0.25) is 9.59 Å². The van der Waals surface area contributed by atoms with E-state index in [0.717, 1.165) is 18.4 Å². The number of nitrogens with one attached hydrogen (secondary N) is 1. The van der Waals surface area contributed by atoms with E-state index in [9.17, 15) is 9.59 Å². The maximum atomic E-state index is 12.1. The number of amides is 2. The number of carbonyl (C=O) groups is 2.